The number of para-hydroxylation sites is 1. The highest BCUT2D eigenvalue weighted by Crippen LogP contribution is 2.43. The second-order valence-electron chi connectivity index (χ2n) is 8.37. The summed E-state index contributed by atoms with van der Waals surface area (Å²) >= 11 is 1.35. The van der Waals surface area contributed by atoms with E-state index in [9.17, 15) is 13.2 Å². The van der Waals surface area contributed by atoms with Crippen molar-refractivity contribution >= 4 is 38.4 Å². The van der Waals surface area contributed by atoms with Crippen molar-refractivity contribution < 1.29 is 13.2 Å². The van der Waals surface area contributed by atoms with Crippen molar-refractivity contribution in [3.63, 3.8) is 0 Å². The summed E-state index contributed by atoms with van der Waals surface area (Å²) in [6.45, 7) is 3.94. The summed E-state index contributed by atoms with van der Waals surface area (Å²) in [5.41, 5.74) is 4.01. The summed E-state index contributed by atoms with van der Waals surface area (Å²) in [4.78, 5) is 17.6. The van der Waals surface area contributed by atoms with E-state index in [1.165, 1.54) is 16.1 Å². The quantitative estimate of drug-likeness (QED) is 0.582. The molecule has 0 fully saturated rings. The molecule has 2 N–H and O–H groups in total. The molecule has 2 unspecified atom stereocenters. The summed E-state index contributed by atoms with van der Waals surface area (Å²) in [5.74, 6) is -0.0753. The van der Waals surface area contributed by atoms with Gasteiger partial charge in [-0.25, -0.2) is 13.2 Å². The zero-order valence-corrected chi connectivity index (χ0v) is 21.0. The van der Waals surface area contributed by atoms with E-state index in [1.54, 1.807) is 25.4 Å². The molecular weight excluding hydrogens is 468 g/mol. The number of pyridine rings is 1. The maximum atomic E-state index is 13.4. The number of amides is 2. The van der Waals surface area contributed by atoms with Gasteiger partial charge < -0.3 is 10.6 Å². The van der Waals surface area contributed by atoms with E-state index in [1.807, 2.05) is 62.4 Å². The smallest absolute Gasteiger partial charge is 0.311 e. The molecule has 1 aromatic heterocycles. The second-order valence-corrected chi connectivity index (χ2v) is 12.1. The molecule has 1 aromatic carbocycles. The molecule has 1 aliphatic heterocycles. The summed E-state index contributed by atoms with van der Waals surface area (Å²) in [6, 6.07) is 12.7. The number of hydrogen-bond acceptors (Lipinski definition) is 5. The summed E-state index contributed by atoms with van der Waals surface area (Å²) < 4.78 is 27.6. The fraction of sp³-hybridized carbons (Fsp3) is 0.280. The lowest BCUT2D eigenvalue weighted by Crippen LogP contribution is -2.37. The molecule has 0 saturated carbocycles. The molecule has 4 rings (SSSR count). The number of thioether (sulfide) groups is 1. The number of sulfonamides is 1. The number of benzene rings is 1. The first-order chi connectivity index (χ1) is 16.3. The maximum absolute atomic E-state index is 13.4. The summed E-state index contributed by atoms with van der Waals surface area (Å²) in [7, 11) is -1.98. The molecule has 0 bridgehead atoms. The minimum absolute atomic E-state index is 0.0753. The zero-order valence-electron chi connectivity index (χ0n) is 19.4. The normalized spacial score (nSPS) is 20.1. The van der Waals surface area contributed by atoms with E-state index < -0.39 is 14.6 Å². The first kappa shape index (κ1) is 24.1. The van der Waals surface area contributed by atoms with Crippen LogP contribution in [0.1, 0.15) is 31.0 Å². The van der Waals surface area contributed by atoms with Gasteiger partial charge in [0.05, 0.1) is 5.69 Å². The van der Waals surface area contributed by atoms with Gasteiger partial charge in [0.2, 0.25) is 10.0 Å². The molecule has 2 heterocycles. The highest BCUT2D eigenvalue weighted by Gasteiger charge is 2.37. The minimum atomic E-state index is -3.59. The third kappa shape index (κ3) is 5.20. The van der Waals surface area contributed by atoms with Gasteiger partial charge in [-0.3, -0.25) is 9.29 Å². The first-order valence-electron chi connectivity index (χ1n) is 11.1. The van der Waals surface area contributed by atoms with Crippen LogP contribution in [0, 0.1) is 12.8 Å². The number of carbonyl (C=O) groups excluding carboxylic acids is 1. The van der Waals surface area contributed by atoms with E-state index in [4.69, 9.17) is 0 Å². The Hall–Kier alpha value is -3.04. The predicted molar refractivity (Wildman–Crippen MR) is 138 cm³/mol. The van der Waals surface area contributed by atoms with Gasteiger partial charge >= 0.3 is 6.03 Å². The van der Waals surface area contributed by atoms with Gasteiger partial charge in [0.15, 0.2) is 0 Å². The molecule has 1 aliphatic carbocycles. The van der Waals surface area contributed by atoms with Gasteiger partial charge in [-0.15, -0.1) is 11.8 Å². The number of aromatic nitrogens is 1. The SMILES string of the molecule is Cc1cccnc1C1=CCC(S(=O)(=O)N(C)C2=CC=C(NC(=O)Nc3ccccc3)CC2C)S1. The number of anilines is 1. The Balaban J connectivity index is 1.42. The fourth-order valence-corrected chi connectivity index (χ4v) is 7.44. The lowest BCUT2D eigenvalue weighted by molar-refractivity contribution is 0.253. The second kappa shape index (κ2) is 10.1. The van der Waals surface area contributed by atoms with Crippen LogP contribution in [0.15, 0.2) is 78.3 Å². The number of aryl methyl sites for hydroxylation is 1. The van der Waals surface area contributed by atoms with Crippen LogP contribution in [-0.4, -0.2) is 35.4 Å². The van der Waals surface area contributed by atoms with Gasteiger partial charge in [0.1, 0.15) is 4.58 Å². The Morgan fingerprint density at radius 1 is 1.12 bits per heavy atom. The molecule has 9 heteroatoms. The van der Waals surface area contributed by atoms with E-state index in [0.29, 0.717) is 24.2 Å². The van der Waals surface area contributed by atoms with Crippen LogP contribution in [-0.2, 0) is 10.0 Å². The molecule has 7 nitrogen and oxygen atoms in total. The van der Waals surface area contributed by atoms with Gasteiger partial charge in [0.25, 0.3) is 0 Å². The largest absolute Gasteiger partial charge is 0.323 e. The number of nitrogens with zero attached hydrogens (tertiary/aromatic N) is 2. The van der Waals surface area contributed by atoms with Crippen molar-refractivity contribution in [2.45, 2.75) is 31.3 Å². The van der Waals surface area contributed by atoms with Crippen molar-refractivity contribution in [2.24, 2.45) is 5.92 Å². The number of urea groups is 1. The molecule has 2 amide bonds. The summed E-state index contributed by atoms with van der Waals surface area (Å²) in [5, 5.41) is 5.65. The van der Waals surface area contributed by atoms with Crippen molar-refractivity contribution in [1.82, 2.24) is 14.6 Å². The highest BCUT2D eigenvalue weighted by molar-refractivity contribution is 8.18. The third-order valence-electron chi connectivity index (χ3n) is 5.87. The van der Waals surface area contributed by atoms with Crippen LogP contribution < -0.4 is 10.6 Å². The number of carbonyl (C=O) groups is 1. The Bertz CT molecular complexity index is 1270. The van der Waals surface area contributed by atoms with Crippen LogP contribution in [0.2, 0.25) is 0 Å². The van der Waals surface area contributed by atoms with Gasteiger partial charge in [-0.05, 0) is 55.7 Å². The van der Waals surface area contributed by atoms with Crippen LogP contribution in [0.4, 0.5) is 10.5 Å². The molecule has 0 radical (unpaired) electrons. The van der Waals surface area contributed by atoms with E-state index in [2.05, 4.69) is 15.6 Å². The van der Waals surface area contributed by atoms with Crippen molar-refractivity contribution in [2.75, 3.05) is 12.4 Å². The summed E-state index contributed by atoms with van der Waals surface area (Å²) in [6.07, 6.45) is 8.20. The van der Waals surface area contributed by atoms with E-state index in [-0.39, 0.29) is 11.9 Å². The number of hydrogen-bond donors (Lipinski definition) is 2. The number of rotatable bonds is 6. The van der Waals surface area contributed by atoms with Crippen LogP contribution in [0.3, 0.4) is 0 Å². The monoisotopic (exact) mass is 496 g/mol. The van der Waals surface area contributed by atoms with Crippen molar-refractivity contribution in [3.05, 3.63) is 89.5 Å². The van der Waals surface area contributed by atoms with Gasteiger partial charge in [0, 0.05) is 41.1 Å². The predicted octanol–water partition coefficient (Wildman–Crippen LogP) is 5.08. The average molecular weight is 497 g/mol. The Morgan fingerprint density at radius 2 is 1.88 bits per heavy atom. The molecule has 2 aromatic rings. The molecule has 2 atom stereocenters. The maximum Gasteiger partial charge on any atom is 0.323 e. The van der Waals surface area contributed by atoms with Crippen LogP contribution in [0.25, 0.3) is 4.91 Å². The zero-order chi connectivity index (χ0) is 24.3. The third-order valence-corrected chi connectivity index (χ3v) is 9.79. The molecular formula is C25H28N4O3S2. The number of allylic oxidation sites excluding steroid dienone is 5. The minimum Gasteiger partial charge on any atom is -0.311 e. The van der Waals surface area contributed by atoms with Gasteiger partial charge in [-0.2, -0.15) is 0 Å². The van der Waals surface area contributed by atoms with E-state index >= 15 is 0 Å². The molecule has 2 aliphatic rings. The number of nitrogens with one attached hydrogen (secondary N) is 2. The van der Waals surface area contributed by atoms with Gasteiger partial charge in [-0.1, -0.05) is 37.3 Å². The molecule has 0 spiro atoms. The Kier molecular flexibility index (Phi) is 7.13. The van der Waals surface area contributed by atoms with E-state index in [0.717, 1.165) is 21.9 Å². The van der Waals surface area contributed by atoms with Crippen molar-refractivity contribution in [1.29, 1.82) is 0 Å². The topological polar surface area (TPSA) is 91.4 Å². The Labute approximate surface area is 205 Å². The standard InChI is InChI=1S/C25H28N4O3S2/c1-17-8-7-15-26-24(17)22-13-14-23(33-22)34(31,32)29(3)21-12-11-20(16-18(21)2)28-25(30)27-19-9-5-4-6-10-19/h4-13,15,18,23H,14,16H2,1-3H3,(H2,27,28,30). The average Bonchev–Trinajstić information content (AvgIpc) is 3.31. The van der Waals surface area contributed by atoms with Crippen molar-refractivity contribution in [3.8, 4) is 0 Å². The fourth-order valence-electron chi connectivity index (χ4n) is 4.03. The van der Waals surface area contributed by atoms with Crippen LogP contribution >= 0.6 is 11.8 Å². The first-order valence-corrected chi connectivity index (χ1v) is 13.4. The molecule has 0 saturated heterocycles. The highest BCUT2D eigenvalue weighted by atomic mass is 32.3. The van der Waals surface area contributed by atoms with Crippen LogP contribution in [0.5, 0.6) is 0 Å². The lowest BCUT2D eigenvalue weighted by atomic mass is 9.96. The lowest BCUT2D eigenvalue weighted by Gasteiger charge is -2.31. The molecule has 34 heavy (non-hydrogen) atoms. The molecule has 178 valence electrons. The Morgan fingerprint density at radius 3 is 2.59 bits per heavy atom.